The number of imidazole rings is 1. The molecule has 0 spiro atoms. The van der Waals surface area contributed by atoms with Crippen LogP contribution in [0.3, 0.4) is 0 Å². The lowest BCUT2D eigenvalue weighted by Gasteiger charge is -2.28. The Hall–Kier alpha value is -3.79. The lowest BCUT2D eigenvalue weighted by Crippen LogP contribution is -2.31. The van der Waals surface area contributed by atoms with Crippen LogP contribution >= 0.6 is 0 Å². The van der Waals surface area contributed by atoms with Gasteiger partial charge in [0.05, 0.1) is 42.1 Å². The molecule has 1 saturated heterocycles. The Morgan fingerprint density at radius 1 is 1.00 bits per heavy atom. The highest BCUT2D eigenvalue weighted by molar-refractivity contribution is 5.83. The molecule has 39 heavy (non-hydrogen) atoms. The molecule has 1 aliphatic rings. The maximum absolute atomic E-state index is 15.0. The van der Waals surface area contributed by atoms with Gasteiger partial charge in [0.25, 0.3) is 0 Å². The molecule has 0 saturated carbocycles. The van der Waals surface area contributed by atoms with E-state index in [1.165, 1.54) is 35.9 Å². The normalized spacial score (nSPS) is 16.3. The van der Waals surface area contributed by atoms with E-state index in [2.05, 4.69) is 0 Å². The Morgan fingerprint density at radius 2 is 1.69 bits per heavy atom. The second-order valence-corrected chi connectivity index (χ2v) is 10.3. The molecule has 1 aliphatic heterocycles. The van der Waals surface area contributed by atoms with Crippen LogP contribution in [0, 0.1) is 5.82 Å². The van der Waals surface area contributed by atoms with Crippen LogP contribution < -0.4 is 15.3 Å². The Morgan fingerprint density at radius 3 is 2.38 bits per heavy atom. The fourth-order valence-electron chi connectivity index (χ4n) is 5.56. The zero-order valence-electron chi connectivity index (χ0n) is 21.8. The SMILES string of the molecule is COc1cccc2c1n(Cc1ccccc1C(F)(F)F)c(=O)n2[C@@H]1CCN(c2c(F)cccc2C(C)(C)O)C1. The fraction of sp³-hybridized carbons (Fsp3) is 0.345. The molecular weight excluding hydrogens is 514 g/mol. The van der Waals surface area contributed by atoms with Gasteiger partial charge in [-0.05, 0) is 50.1 Å². The lowest BCUT2D eigenvalue weighted by atomic mass is 9.95. The van der Waals surface area contributed by atoms with Crippen LogP contribution in [0.2, 0.25) is 0 Å². The van der Waals surface area contributed by atoms with Crippen molar-refractivity contribution in [2.45, 2.75) is 44.6 Å². The average molecular weight is 544 g/mol. The van der Waals surface area contributed by atoms with Crippen LogP contribution in [0.1, 0.15) is 43.0 Å². The molecule has 206 valence electrons. The van der Waals surface area contributed by atoms with E-state index in [1.54, 1.807) is 48.7 Å². The summed E-state index contributed by atoms with van der Waals surface area (Å²) in [6, 6.07) is 14.5. The first-order valence-electron chi connectivity index (χ1n) is 12.6. The van der Waals surface area contributed by atoms with Crippen molar-refractivity contribution in [3.63, 3.8) is 0 Å². The van der Waals surface area contributed by atoms with Gasteiger partial charge in [-0.2, -0.15) is 13.2 Å². The molecule has 1 aromatic heterocycles. The van der Waals surface area contributed by atoms with Crippen molar-refractivity contribution in [1.82, 2.24) is 9.13 Å². The lowest BCUT2D eigenvalue weighted by molar-refractivity contribution is -0.138. The Labute approximate surface area is 222 Å². The molecule has 1 atom stereocenters. The first kappa shape index (κ1) is 26.8. The number of aromatic nitrogens is 2. The summed E-state index contributed by atoms with van der Waals surface area (Å²) in [5.41, 5.74) is -0.985. The van der Waals surface area contributed by atoms with Gasteiger partial charge in [0.1, 0.15) is 17.1 Å². The maximum Gasteiger partial charge on any atom is 0.416 e. The smallest absolute Gasteiger partial charge is 0.416 e. The highest BCUT2D eigenvalue weighted by Gasteiger charge is 2.35. The van der Waals surface area contributed by atoms with E-state index in [4.69, 9.17) is 4.74 Å². The van der Waals surface area contributed by atoms with E-state index in [9.17, 15) is 23.1 Å². The number of halogens is 4. The van der Waals surface area contributed by atoms with Gasteiger partial charge >= 0.3 is 11.9 Å². The van der Waals surface area contributed by atoms with E-state index >= 15 is 4.39 Å². The third-order valence-electron chi connectivity index (χ3n) is 7.31. The van der Waals surface area contributed by atoms with E-state index in [1.807, 2.05) is 4.90 Å². The zero-order chi connectivity index (χ0) is 28.1. The fourth-order valence-corrected chi connectivity index (χ4v) is 5.56. The Bertz CT molecular complexity index is 1580. The molecule has 1 N–H and O–H groups in total. The molecule has 10 heteroatoms. The largest absolute Gasteiger partial charge is 0.494 e. The number of hydrogen-bond acceptors (Lipinski definition) is 4. The van der Waals surface area contributed by atoms with Crippen LogP contribution in [0.5, 0.6) is 5.75 Å². The van der Waals surface area contributed by atoms with Crippen molar-refractivity contribution in [2.75, 3.05) is 25.1 Å². The first-order chi connectivity index (χ1) is 18.4. The number of ether oxygens (including phenoxy) is 1. The summed E-state index contributed by atoms with van der Waals surface area (Å²) in [5, 5.41) is 10.7. The minimum atomic E-state index is -4.58. The van der Waals surface area contributed by atoms with E-state index in [-0.39, 0.29) is 30.4 Å². The third kappa shape index (κ3) is 4.78. The second kappa shape index (κ2) is 9.75. The van der Waals surface area contributed by atoms with Crippen LogP contribution in [0.25, 0.3) is 11.0 Å². The number of aliphatic hydroxyl groups is 1. The quantitative estimate of drug-likeness (QED) is 0.317. The van der Waals surface area contributed by atoms with Gasteiger partial charge in [-0.15, -0.1) is 0 Å². The van der Waals surface area contributed by atoms with E-state index < -0.39 is 28.8 Å². The molecule has 5 rings (SSSR count). The molecule has 2 heterocycles. The third-order valence-corrected chi connectivity index (χ3v) is 7.31. The molecule has 0 aliphatic carbocycles. The summed E-state index contributed by atoms with van der Waals surface area (Å²) in [6.45, 7) is 3.57. The Balaban J connectivity index is 1.61. The summed E-state index contributed by atoms with van der Waals surface area (Å²) in [7, 11) is 1.44. The summed E-state index contributed by atoms with van der Waals surface area (Å²) in [5.74, 6) is -0.114. The van der Waals surface area contributed by atoms with Crippen molar-refractivity contribution in [3.8, 4) is 5.75 Å². The summed E-state index contributed by atoms with van der Waals surface area (Å²) >= 11 is 0. The van der Waals surface area contributed by atoms with Crippen LogP contribution in [0.4, 0.5) is 23.2 Å². The number of anilines is 1. The molecule has 0 amide bonds. The molecule has 3 aromatic carbocycles. The maximum atomic E-state index is 15.0. The molecule has 0 bridgehead atoms. The number of methoxy groups -OCH3 is 1. The number of para-hydroxylation sites is 2. The van der Waals surface area contributed by atoms with E-state index in [0.717, 1.165) is 6.07 Å². The summed E-state index contributed by atoms with van der Waals surface area (Å²) in [6.07, 6.45) is -4.08. The molecule has 4 aromatic rings. The van der Waals surface area contributed by atoms with Crippen LogP contribution in [-0.4, -0.2) is 34.4 Å². The van der Waals surface area contributed by atoms with Crippen molar-refractivity contribution < 1.29 is 27.4 Å². The predicted molar refractivity (Wildman–Crippen MR) is 141 cm³/mol. The van der Waals surface area contributed by atoms with Gasteiger partial charge in [0, 0.05) is 18.7 Å². The highest BCUT2D eigenvalue weighted by atomic mass is 19.4. The zero-order valence-corrected chi connectivity index (χ0v) is 21.8. The molecular formula is C29H29F4N3O3. The average Bonchev–Trinajstić information content (AvgIpc) is 3.45. The number of benzene rings is 3. The van der Waals surface area contributed by atoms with Gasteiger partial charge in [0.2, 0.25) is 0 Å². The predicted octanol–water partition coefficient (Wildman–Crippen LogP) is 5.70. The summed E-state index contributed by atoms with van der Waals surface area (Å²) in [4.78, 5) is 15.7. The molecule has 6 nitrogen and oxygen atoms in total. The van der Waals surface area contributed by atoms with Crippen LogP contribution in [-0.2, 0) is 18.3 Å². The standard InChI is InChI=1S/C29H29F4N3O3/c1-28(2,38)21-10-6-11-22(30)25(21)34-15-14-19(17-34)36-23-12-7-13-24(39-3)26(23)35(27(36)37)16-18-8-4-5-9-20(18)29(31,32)33/h4-13,19,38H,14-17H2,1-3H3/t19-/m1/s1. The Kier molecular flexibility index (Phi) is 6.70. The van der Waals surface area contributed by atoms with E-state index in [0.29, 0.717) is 35.3 Å². The van der Waals surface area contributed by atoms with Gasteiger partial charge in [-0.25, -0.2) is 9.18 Å². The number of nitrogens with zero attached hydrogens (tertiary/aromatic N) is 3. The number of hydrogen-bond donors (Lipinski definition) is 1. The number of alkyl halides is 3. The van der Waals surface area contributed by atoms with Crippen molar-refractivity contribution >= 4 is 16.7 Å². The summed E-state index contributed by atoms with van der Waals surface area (Å²) < 4.78 is 64.7. The highest BCUT2D eigenvalue weighted by Crippen LogP contribution is 2.38. The molecule has 1 fully saturated rings. The van der Waals surface area contributed by atoms with Crippen molar-refractivity contribution in [2.24, 2.45) is 0 Å². The second-order valence-electron chi connectivity index (χ2n) is 10.3. The van der Waals surface area contributed by atoms with Crippen molar-refractivity contribution in [1.29, 1.82) is 0 Å². The first-order valence-corrected chi connectivity index (χ1v) is 12.6. The van der Waals surface area contributed by atoms with Gasteiger partial charge in [0.15, 0.2) is 0 Å². The number of fused-ring (bicyclic) bond motifs is 1. The van der Waals surface area contributed by atoms with Gasteiger partial charge in [-0.3, -0.25) is 9.13 Å². The van der Waals surface area contributed by atoms with Gasteiger partial charge < -0.3 is 14.7 Å². The minimum Gasteiger partial charge on any atom is -0.494 e. The monoisotopic (exact) mass is 543 g/mol. The molecule has 0 radical (unpaired) electrons. The minimum absolute atomic E-state index is 0.0359. The molecule has 0 unspecified atom stereocenters. The van der Waals surface area contributed by atoms with Gasteiger partial charge in [-0.1, -0.05) is 36.4 Å². The van der Waals surface area contributed by atoms with Crippen LogP contribution in [0.15, 0.2) is 65.5 Å². The number of rotatable bonds is 6. The van der Waals surface area contributed by atoms with Crippen molar-refractivity contribution in [3.05, 3.63) is 93.7 Å². The topological polar surface area (TPSA) is 59.6 Å².